The molecule has 0 aliphatic rings. The van der Waals surface area contributed by atoms with Gasteiger partial charge in [0.15, 0.2) is 0 Å². The van der Waals surface area contributed by atoms with E-state index < -0.39 is 10.0 Å². The standard InChI is InChI=1S/C7H11NO3S/c1-6(8-12(2,9)10)7-3-4-11-5-7/h3-6,8H,1-2H3. The predicted molar refractivity (Wildman–Crippen MR) is 45.1 cm³/mol. The molecular formula is C7H11NO3S. The molecular weight excluding hydrogens is 178 g/mol. The van der Waals surface area contributed by atoms with E-state index in [4.69, 9.17) is 4.42 Å². The van der Waals surface area contributed by atoms with Gasteiger partial charge in [0, 0.05) is 11.6 Å². The number of furan rings is 1. The van der Waals surface area contributed by atoms with Crippen molar-refractivity contribution in [1.82, 2.24) is 4.72 Å². The molecule has 1 rings (SSSR count). The average molecular weight is 189 g/mol. The van der Waals surface area contributed by atoms with Crippen molar-refractivity contribution in [2.45, 2.75) is 13.0 Å². The SMILES string of the molecule is CC(NS(C)(=O)=O)c1ccoc1. The van der Waals surface area contributed by atoms with Gasteiger partial charge in [0.25, 0.3) is 0 Å². The molecule has 1 aromatic heterocycles. The van der Waals surface area contributed by atoms with E-state index in [9.17, 15) is 8.42 Å². The molecule has 1 unspecified atom stereocenters. The highest BCUT2D eigenvalue weighted by molar-refractivity contribution is 7.88. The predicted octanol–water partition coefficient (Wildman–Crippen LogP) is 0.890. The van der Waals surface area contributed by atoms with E-state index in [2.05, 4.69) is 4.72 Å². The molecule has 0 bridgehead atoms. The summed E-state index contributed by atoms with van der Waals surface area (Å²) in [6.45, 7) is 1.76. The third-order valence-corrected chi connectivity index (χ3v) is 2.22. The van der Waals surface area contributed by atoms with E-state index in [1.54, 1.807) is 13.0 Å². The molecule has 1 aromatic rings. The van der Waals surface area contributed by atoms with Gasteiger partial charge in [0.05, 0.1) is 18.8 Å². The highest BCUT2D eigenvalue weighted by atomic mass is 32.2. The van der Waals surface area contributed by atoms with E-state index in [1.807, 2.05) is 0 Å². The zero-order valence-corrected chi connectivity index (χ0v) is 7.76. The first kappa shape index (κ1) is 9.28. The minimum absolute atomic E-state index is 0.237. The van der Waals surface area contributed by atoms with Crippen LogP contribution in [-0.2, 0) is 10.0 Å². The summed E-state index contributed by atoms with van der Waals surface area (Å²) in [7, 11) is -3.14. The Morgan fingerprint density at radius 2 is 2.25 bits per heavy atom. The largest absolute Gasteiger partial charge is 0.472 e. The van der Waals surface area contributed by atoms with E-state index in [0.717, 1.165) is 11.8 Å². The highest BCUT2D eigenvalue weighted by Crippen LogP contribution is 2.12. The fourth-order valence-corrected chi connectivity index (χ4v) is 1.69. The van der Waals surface area contributed by atoms with E-state index in [-0.39, 0.29) is 6.04 Å². The molecule has 1 heterocycles. The van der Waals surface area contributed by atoms with Crippen LogP contribution in [0.2, 0.25) is 0 Å². The second-order valence-electron chi connectivity index (χ2n) is 2.67. The molecule has 0 spiro atoms. The molecule has 0 saturated heterocycles. The van der Waals surface area contributed by atoms with E-state index >= 15 is 0 Å². The van der Waals surface area contributed by atoms with Crippen molar-refractivity contribution < 1.29 is 12.8 Å². The fourth-order valence-electron chi connectivity index (χ4n) is 0.911. The maximum absolute atomic E-state index is 10.8. The second-order valence-corrected chi connectivity index (χ2v) is 4.45. The summed E-state index contributed by atoms with van der Waals surface area (Å²) in [5, 5.41) is 0. The Morgan fingerprint density at radius 1 is 1.58 bits per heavy atom. The maximum atomic E-state index is 10.8. The first-order valence-corrected chi connectivity index (χ1v) is 5.37. The van der Waals surface area contributed by atoms with Crippen LogP contribution in [0.15, 0.2) is 23.0 Å². The Bertz CT molecular complexity index is 328. The van der Waals surface area contributed by atoms with Crippen molar-refractivity contribution in [3.8, 4) is 0 Å². The Balaban J connectivity index is 2.68. The van der Waals surface area contributed by atoms with Gasteiger partial charge in [0.1, 0.15) is 0 Å². The van der Waals surface area contributed by atoms with Gasteiger partial charge in [-0.25, -0.2) is 13.1 Å². The zero-order valence-electron chi connectivity index (χ0n) is 6.94. The van der Waals surface area contributed by atoms with Crippen molar-refractivity contribution in [2.75, 3.05) is 6.26 Å². The minimum Gasteiger partial charge on any atom is -0.472 e. The van der Waals surface area contributed by atoms with Crippen LogP contribution in [0.3, 0.4) is 0 Å². The summed E-state index contributed by atoms with van der Waals surface area (Å²) < 4.78 is 28.8. The molecule has 0 amide bonds. The molecule has 4 nitrogen and oxygen atoms in total. The molecule has 1 N–H and O–H groups in total. The lowest BCUT2D eigenvalue weighted by atomic mass is 10.2. The number of hydrogen-bond acceptors (Lipinski definition) is 3. The summed E-state index contributed by atoms with van der Waals surface area (Å²) >= 11 is 0. The molecule has 0 aromatic carbocycles. The third-order valence-electron chi connectivity index (χ3n) is 1.43. The summed E-state index contributed by atoms with van der Waals surface area (Å²) in [6, 6.07) is 1.49. The van der Waals surface area contributed by atoms with Crippen molar-refractivity contribution in [2.24, 2.45) is 0 Å². The molecule has 68 valence electrons. The molecule has 5 heteroatoms. The monoisotopic (exact) mass is 189 g/mol. The lowest BCUT2D eigenvalue weighted by molar-refractivity contribution is 0.552. The molecule has 0 fully saturated rings. The van der Waals surface area contributed by atoms with Gasteiger partial charge in [-0.2, -0.15) is 0 Å². The van der Waals surface area contributed by atoms with Crippen LogP contribution in [0.25, 0.3) is 0 Å². The maximum Gasteiger partial charge on any atom is 0.209 e. The van der Waals surface area contributed by atoms with Gasteiger partial charge in [-0.3, -0.25) is 0 Å². The van der Waals surface area contributed by atoms with Crippen molar-refractivity contribution in [3.05, 3.63) is 24.2 Å². The number of nitrogens with one attached hydrogen (secondary N) is 1. The van der Waals surface area contributed by atoms with Crippen LogP contribution in [0, 0.1) is 0 Å². The average Bonchev–Trinajstić information content (AvgIpc) is 2.32. The van der Waals surface area contributed by atoms with Gasteiger partial charge in [0.2, 0.25) is 10.0 Å². The number of sulfonamides is 1. The van der Waals surface area contributed by atoms with Gasteiger partial charge in [-0.1, -0.05) is 0 Å². The molecule has 1 atom stereocenters. The Morgan fingerprint density at radius 3 is 2.67 bits per heavy atom. The van der Waals surface area contributed by atoms with Crippen LogP contribution in [0.5, 0.6) is 0 Å². The Hall–Kier alpha value is -0.810. The van der Waals surface area contributed by atoms with Gasteiger partial charge in [-0.05, 0) is 13.0 Å². The van der Waals surface area contributed by atoms with Crippen molar-refractivity contribution in [1.29, 1.82) is 0 Å². The van der Waals surface area contributed by atoms with Crippen molar-refractivity contribution in [3.63, 3.8) is 0 Å². The quantitative estimate of drug-likeness (QED) is 0.768. The summed E-state index contributed by atoms with van der Waals surface area (Å²) in [6.07, 6.45) is 4.15. The van der Waals surface area contributed by atoms with E-state index in [0.29, 0.717) is 0 Å². The smallest absolute Gasteiger partial charge is 0.209 e. The lowest BCUT2D eigenvalue weighted by Gasteiger charge is -2.08. The van der Waals surface area contributed by atoms with Gasteiger partial charge >= 0.3 is 0 Å². The first-order valence-electron chi connectivity index (χ1n) is 3.48. The Kier molecular flexibility index (Phi) is 2.54. The number of hydrogen-bond donors (Lipinski definition) is 1. The van der Waals surface area contributed by atoms with Gasteiger partial charge in [-0.15, -0.1) is 0 Å². The second kappa shape index (κ2) is 3.28. The van der Waals surface area contributed by atoms with Crippen LogP contribution in [0.4, 0.5) is 0 Å². The molecule has 0 radical (unpaired) electrons. The number of rotatable bonds is 3. The van der Waals surface area contributed by atoms with Crippen LogP contribution >= 0.6 is 0 Å². The lowest BCUT2D eigenvalue weighted by Crippen LogP contribution is -2.24. The van der Waals surface area contributed by atoms with Crippen LogP contribution in [-0.4, -0.2) is 14.7 Å². The van der Waals surface area contributed by atoms with Crippen LogP contribution < -0.4 is 4.72 Å². The topological polar surface area (TPSA) is 59.3 Å². The minimum atomic E-state index is -3.14. The zero-order chi connectivity index (χ0) is 9.19. The summed E-state index contributed by atoms with van der Waals surface area (Å²) in [4.78, 5) is 0. The summed E-state index contributed by atoms with van der Waals surface area (Å²) in [5.41, 5.74) is 0.820. The summed E-state index contributed by atoms with van der Waals surface area (Å²) in [5.74, 6) is 0. The van der Waals surface area contributed by atoms with Gasteiger partial charge < -0.3 is 4.42 Å². The molecule has 0 aliphatic carbocycles. The highest BCUT2D eigenvalue weighted by Gasteiger charge is 2.10. The van der Waals surface area contributed by atoms with Crippen molar-refractivity contribution >= 4 is 10.0 Å². The molecule has 12 heavy (non-hydrogen) atoms. The normalized spacial score (nSPS) is 14.5. The third kappa shape index (κ3) is 2.67. The Labute approximate surface area is 71.6 Å². The first-order chi connectivity index (χ1) is 5.49. The molecule has 0 aliphatic heterocycles. The fraction of sp³-hybridized carbons (Fsp3) is 0.429. The van der Waals surface area contributed by atoms with Crippen LogP contribution in [0.1, 0.15) is 18.5 Å². The van der Waals surface area contributed by atoms with E-state index in [1.165, 1.54) is 12.5 Å². The molecule has 0 saturated carbocycles.